The zero-order valence-electron chi connectivity index (χ0n) is 17.7. The van der Waals surface area contributed by atoms with Crippen molar-refractivity contribution in [2.45, 2.75) is 11.3 Å². The van der Waals surface area contributed by atoms with Crippen LogP contribution in [0.1, 0.15) is 5.56 Å². The van der Waals surface area contributed by atoms with Gasteiger partial charge in [-0.1, -0.05) is 53.7 Å². The second-order valence-electron chi connectivity index (χ2n) is 7.53. The average Bonchev–Trinajstić information content (AvgIpc) is 3.31. The second-order valence-corrected chi connectivity index (χ2v) is 9.97. The smallest absolute Gasteiger partial charge is 0.274 e. The number of hydrogen-bond acceptors (Lipinski definition) is 5. The van der Waals surface area contributed by atoms with Crippen molar-refractivity contribution in [3.05, 3.63) is 99.1 Å². The fourth-order valence-electron chi connectivity index (χ4n) is 3.67. The first-order valence-corrected chi connectivity index (χ1v) is 12.3. The number of halogens is 2. The zero-order chi connectivity index (χ0) is 22.9. The van der Waals surface area contributed by atoms with Crippen LogP contribution < -0.4 is 9.80 Å². The molecule has 0 aliphatic carbocycles. The normalized spacial score (nSPS) is 19.0. The molecule has 33 heavy (non-hydrogen) atoms. The quantitative estimate of drug-likeness (QED) is 0.383. The molecule has 0 radical (unpaired) electrons. The van der Waals surface area contributed by atoms with Gasteiger partial charge in [0.2, 0.25) is 0 Å². The fraction of sp³-hybridized carbons (Fsp3) is 0.120. The van der Waals surface area contributed by atoms with Crippen molar-refractivity contribution >= 4 is 57.6 Å². The summed E-state index contributed by atoms with van der Waals surface area (Å²) in [4.78, 5) is 23.6. The molecule has 4 nitrogen and oxygen atoms in total. The molecule has 166 valence electrons. The van der Waals surface area contributed by atoms with Crippen molar-refractivity contribution in [3.8, 4) is 0 Å². The first-order valence-electron chi connectivity index (χ1n) is 10.3. The van der Waals surface area contributed by atoms with E-state index in [2.05, 4.69) is 12.1 Å². The highest BCUT2D eigenvalue weighted by atomic mass is 35.5. The maximum atomic E-state index is 13.6. The number of hydrogen-bond donors (Lipinski definition) is 0. The molecule has 1 amide bonds. The minimum Gasteiger partial charge on any atom is -0.337 e. The van der Waals surface area contributed by atoms with Gasteiger partial charge in [-0.25, -0.2) is 4.39 Å². The van der Waals surface area contributed by atoms with Crippen LogP contribution in [0.5, 0.6) is 0 Å². The molecular formula is C25H19ClFN3OS2. The summed E-state index contributed by atoms with van der Waals surface area (Å²) >= 11 is 9.08. The lowest BCUT2D eigenvalue weighted by molar-refractivity contribution is -0.113. The van der Waals surface area contributed by atoms with E-state index in [-0.39, 0.29) is 11.7 Å². The van der Waals surface area contributed by atoms with E-state index >= 15 is 0 Å². The third kappa shape index (κ3) is 4.40. The van der Waals surface area contributed by atoms with E-state index in [0.717, 1.165) is 22.0 Å². The summed E-state index contributed by atoms with van der Waals surface area (Å²) in [5, 5.41) is 2.07. The van der Waals surface area contributed by atoms with Gasteiger partial charge < -0.3 is 4.90 Å². The second kappa shape index (κ2) is 9.25. The van der Waals surface area contributed by atoms with Gasteiger partial charge in [-0.3, -0.25) is 14.7 Å². The van der Waals surface area contributed by atoms with Crippen molar-refractivity contribution in [1.29, 1.82) is 0 Å². The third-order valence-electron chi connectivity index (χ3n) is 5.35. The standard InChI is InChI=1S/C25H19ClFN3OS2/c1-29-20-15-17(26)7-12-21(20)32-24(29)22-23(31)30(19-10-8-18(27)9-11-19)25(33-22)28-14-13-16-5-3-2-4-6-16/h2-12,15H,13-14H2,1H3/b24-22-,28-25?. The lowest BCUT2D eigenvalue weighted by Gasteiger charge is -2.17. The molecule has 0 unspecified atom stereocenters. The average molecular weight is 496 g/mol. The molecule has 0 N–H and O–H groups in total. The van der Waals surface area contributed by atoms with Crippen molar-refractivity contribution in [3.63, 3.8) is 0 Å². The van der Waals surface area contributed by atoms with Gasteiger partial charge in [-0.15, -0.1) is 0 Å². The number of aliphatic imine (C=N–C) groups is 1. The molecule has 3 aromatic rings. The van der Waals surface area contributed by atoms with Crippen LogP contribution in [0, 0.1) is 5.82 Å². The summed E-state index contributed by atoms with van der Waals surface area (Å²) in [6.07, 6.45) is 0.765. The molecule has 0 atom stereocenters. The molecule has 3 aromatic carbocycles. The minimum absolute atomic E-state index is 0.168. The number of amidine groups is 1. The Morgan fingerprint density at radius 2 is 1.76 bits per heavy atom. The molecule has 5 rings (SSSR count). The molecule has 0 bridgehead atoms. The van der Waals surface area contributed by atoms with E-state index in [0.29, 0.717) is 27.3 Å². The predicted octanol–water partition coefficient (Wildman–Crippen LogP) is 6.57. The van der Waals surface area contributed by atoms with Crippen molar-refractivity contribution < 1.29 is 9.18 Å². The number of carbonyl (C=O) groups excluding carboxylic acids is 1. The molecule has 2 aliphatic rings. The summed E-state index contributed by atoms with van der Waals surface area (Å²) in [5.74, 6) is -0.518. The zero-order valence-corrected chi connectivity index (χ0v) is 20.1. The van der Waals surface area contributed by atoms with E-state index in [1.807, 2.05) is 48.3 Å². The number of thioether (sulfide) groups is 2. The van der Waals surface area contributed by atoms with Gasteiger partial charge in [0.1, 0.15) is 10.7 Å². The number of benzene rings is 3. The van der Waals surface area contributed by atoms with Gasteiger partial charge in [0.15, 0.2) is 5.17 Å². The van der Waals surface area contributed by atoms with Crippen LogP contribution in [-0.4, -0.2) is 24.7 Å². The number of fused-ring (bicyclic) bond motifs is 1. The maximum absolute atomic E-state index is 13.6. The SMILES string of the molecule is CN1/C(=C2/SC(=NCCc3ccccc3)N(c3ccc(F)cc3)C2=O)Sc2ccc(Cl)cc21. The molecule has 1 saturated heterocycles. The van der Waals surface area contributed by atoms with Crippen LogP contribution in [0.4, 0.5) is 15.8 Å². The molecule has 2 heterocycles. The first kappa shape index (κ1) is 22.1. The van der Waals surface area contributed by atoms with E-state index < -0.39 is 0 Å². The van der Waals surface area contributed by atoms with Crippen LogP contribution in [0.25, 0.3) is 0 Å². The molecule has 2 aliphatic heterocycles. The van der Waals surface area contributed by atoms with E-state index in [9.17, 15) is 9.18 Å². The Hall–Kier alpha value is -2.74. The Bertz CT molecular complexity index is 1280. The fourth-order valence-corrected chi connectivity index (χ4v) is 6.17. The Balaban J connectivity index is 1.49. The van der Waals surface area contributed by atoms with Crippen molar-refractivity contribution in [2.24, 2.45) is 4.99 Å². The van der Waals surface area contributed by atoms with Gasteiger partial charge in [-0.2, -0.15) is 0 Å². The van der Waals surface area contributed by atoms with Gasteiger partial charge in [0.05, 0.1) is 16.4 Å². The molecular weight excluding hydrogens is 477 g/mol. The van der Waals surface area contributed by atoms with E-state index in [1.165, 1.54) is 41.2 Å². The number of rotatable bonds is 4. The molecule has 1 fully saturated rings. The van der Waals surface area contributed by atoms with Crippen LogP contribution in [0.2, 0.25) is 5.02 Å². The highest BCUT2D eigenvalue weighted by Crippen LogP contribution is 2.51. The van der Waals surface area contributed by atoms with E-state index in [1.54, 1.807) is 17.0 Å². The Labute approximate surface area is 205 Å². The maximum Gasteiger partial charge on any atom is 0.274 e. The van der Waals surface area contributed by atoms with Crippen LogP contribution in [0.3, 0.4) is 0 Å². The molecule has 0 aromatic heterocycles. The number of anilines is 2. The highest BCUT2D eigenvalue weighted by Gasteiger charge is 2.40. The lowest BCUT2D eigenvalue weighted by Crippen LogP contribution is -2.29. The van der Waals surface area contributed by atoms with Gasteiger partial charge in [-0.05, 0) is 66.2 Å². The number of amides is 1. The van der Waals surface area contributed by atoms with Crippen molar-refractivity contribution in [1.82, 2.24) is 0 Å². The summed E-state index contributed by atoms with van der Waals surface area (Å²) in [5.41, 5.74) is 2.74. The number of carbonyl (C=O) groups is 1. The largest absolute Gasteiger partial charge is 0.337 e. The predicted molar refractivity (Wildman–Crippen MR) is 137 cm³/mol. The van der Waals surface area contributed by atoms with Crippen LogP contribution in [0.15, 0.2) is 92.6 Å². The summed E-state index contributed by atoms with van der Waals surface area (Å²) in [7, 11) is 1.93. The van der Waals surface area contributed by atoms with Gasteiger partial charge in [0.25, 0.3) is 5.91 Å². The highest BCUT2D eigenvalue weighted by molar-refractivity contribution is 8.20. The summed E-state index contributed by atoms with van der Waals surface area (Å²) < 4.78 is 13.5. The minimum atomic E-state index is -0.349. The monoisotopic (exact) mass is 495 g/mol. The third-order valence-corrected chi connectivity index (χ3v) is 8.01. The van der Waals surface area contributed by atoms with Gasteiger partial charge in [0, 0.05) is 23.5 Å². The topological polar surface area (TPSA) is 35.9 Å². The molecule has 0 saturated carbocycles. The Kier molecular flexibility index (Phi) is 6.19. The summed E-state index contributed by atoms with van der Waals surface area (Å²) in [6, 6.07) is 21.7. The molecule has 8 heteroatoms. The van der Waals surface area contributed by atoms with Crippen LogP contribution >= 0.6 is 35.1 Å². The first-order chi connectivity index (χ1) is 16.0. The Morgan fingerprint density at radius 1 is 1.00 bits per heavy atom. The Morgan fingerprint density at radius 3 is 2.52 bits per heavy atom. The summed E-state index contributed by atoms with van der Waals surface area (Å²) in [6.45, 7) is 0.540. The molecule has 0 spiro atoms. The van der Waals surface area contributed by atoms with Gasteiger partial charge >= 0.3 is 0 Å². The van der Waals surface area contributed by atoms with Crippen LogP contribution in [-0.2, 0) is 11.2 Å². The van der Waals surface area contributed by atoms with Crippen molar-refractivity contribution in [2.75, 3.05) is 23.4 Å². The van der Waals surface area contributed by atoms with E-state index in [4.69, 9.17) is 16.6 Å². The number of nitrogens with zero attached hydrogens (tertiary/aromatic N) is 3. The lowest BCUT2D eigenvalue weighted by atomic mass is 10.2.